The molecule has 0 atom stereocenters. The maximum atomic E-state index is 12.0. The van der Waals surface area contributed by atoms with Gasteiger partial charge in [0.1, 0.15) is 12.4 Å². The number of carbonyl (C=O) groups is 1. The molecule has 140 valence electrons. The maximum Gasteiger partial charge on any atom is 0.319 e. The van der Waals surface area contributed by atoms with Gasteiger partial charge in [0.05, 0.1) is 6.10 Å². The molecule has 1 aliphatic carbocycles. The van der Waals surface area contributed by atoms with Gasteiger partial charge in [0.25, 0.3) is 0 Å². The average Bonchev–Trinajstić information content (AvgIpc) is 2.62. The minimum atomic E-state index is -0.213. The molecule has 0 aliphatic heterocycles. The maximum absolute atomic E-state index is 12.0. The molecular weight excluding hydrogens is 318 g/mol. The van der Waals surface area contributed by atoms with Gasteiger partial charge in [0.15, 0.2) is 0 Å². The highest BCUT2D eigenvalue weighted by molar-refractivity contribution is 5.89. The molecule has 1 aliphatic rings. The minimum Gasteiger partial charge on any atom is -0.492 e. The predicted molar refractivity (Wildman–Crippen MR) is 100 cm³/mol. The first-order valence-electron chi connectivity index (χ1n) is 9.31. The molecule has 3 N–H and O–H groups in total. The molecule has 1 aromatic carbocycles. The number of aliphatic hydroxyl groups is 1. The van der Waals surface area contributed by atoms with Crippen molar-refractivity contribution in [2.75, 3.05) is 31.6 Å². The molecule has 0 bridgehead atoms. The van der Waals surface area contributed by atoms with Crippen LogP contribution in [0.4, 0.5) is 10.5 Å². The number of nitrogens with zero attached hydrogens (tertiary/aromatic N) is 1. The van der Waals surface area contributed by atoms with Crippen LogP contribution in [-0.2, 0) is 0 Å². The van der Waals surface area contributed by atoms with Crippen molar-refractivity contribution in [1.29, 1.82) is 0 Å². The van der Waals surface area contributed by atoms with Gasteiger partial charge in [-0.3, -0.25) is 0 Å². The van der Waals surface area contributed by atoms with Crippen molar-refractivity contribution in [1.82, 2.24) is 10.2 Å². The minimum absolute atomic E-state index is 0.145. The van der Waals surface area contributed by atoms with Crippen LogP contribution in [0.15, 0.2) is 24.3 Å². The summed E-state index contributed by atoms with van der Waals surface area (Å²) >= 11 is 0. The Kier molecular flexibility index (Phi) is 8.01. The average molecular weight is 349 g/mol. The van der Waals surface area contributed by atoms with E-state index >= 15 is 0 Å². The topological polar surface area (TPSA) is 73.8 Å². The van der Waals surface area contributed by atoms with Crippen molar-refractivity contribution in [3.8, 4) is 5.75 Å². The monoisotopic (exact) mass is 349 g/mol. The third-order valence-electron chi connectivity index (χ3n) is 4.71. The largest absolute Gasteiger partial charge is 0.492 e. The quantitative estimate of drug-likeness (QED) is 0.675. The van der Waals surface area contributed by atoms with Crippen LogP contribution < -0.4 is 15.4 Å². The number of likely N-dealkylation sites (N-methyl/N-ethyl adjacent to an activating group) is 1. The van der Waals surface area contributed by atoms with Crippen LogP contribution in [0.25, 0.3) is 0 Å². The Morgan fingerprint density at radius 2 is 1.80 bits per heavy atom. The Morgan fingerprint density at radius 3 is 2.40 bits per heavy atom. The van der Waals surface area contributed by atoms with Crippen molar-refractivity contribution in [3.05, 3.63) is 24.3 Å². The Balaban J connectivity index is 1.71. The van der Waals surface area contributed by atoms with Gasteiger partial charge in [-0.1, -0.05) is 13.8 Å². The van der Waals surface area contributed by atoms with Gasteiger partial charge in [0.2, 0.25) is 0 Å². The third kappa shape index (κ3) is 6.92. The molecule has 0 radical (unpaired) electrons. The van der Waals surface area contributed by atoms with Gasteiger partial charge < -0.3 is 25.4 Å². The van der Waals surface area contributed by atoms with Crippen LogP contribution in [0.2, 0.25) is 0 Å². The lowest BCUT2D eigenvalue weighted by atomic mass is 9.93. The molecule has 0 heterocycles. The van der Waals surface area contributed by atoms with E-state index in [0.29, 0.717) is 6.61 Å². The van der Waals surface area contributed by atoms with E-state index in [2.05, 4.69) is 29.4 Å². The van der Waals surface area contributed by atoms with Gasteiger partial charge in [-0.2, -0.15) is 0 Å². The van der Waals surface area contributed by atoms with E-state index in [-0.39, 0.29) is 18.2 Å². The zero-order valence-corrected chi connectivity index (χ0v) is 15.3. The Morgan fingerprint density at radius 1 is 1.16 bits per heavy atom. The number of aliphatic hydroxyl groups excluding tert-OH is 1. The summed E-state index contributed by atoms with van der Waals surface area (Å²) in [5, 5.41) is 15.3. The van der Waals surface area contributed by atoms with Crippen molar-refractivity contribution in [2.24, 2.45) is 0 Å². The van der Waals surface area contributed by atoms with Crippen molar-refractivity contribution < 1.29 is 14.6 Å². The van der Waals surface area contributed by atoms with Crippen LogP contribution in [-0.4, -0.2) is 54.4 Å². The molecule has 0 spiro atoms. The fraction of sp³-hybridized carbons (Fsp3) is 0.632. The smallest absolute Gasteiger partial charge is 0.319 e. The number of amides is 2. The summed E-state index contributed by atoms with van der Waals surface area (Å²) in [4.78, 5) is 14.3. The molecule has 25 heavy (non-hydrogen) atoms. The number of rotatable bonds is 8. The number of hydrogen-bond donors (Lipinski definition) is 3. The van der Waals surface area contributed by atoms with Crippen LogP contribution in [0.1, 0.15) is 39.5 Å². The first-order valence-corrected chi connectivity index (χ1v) is 9.31. The second-order valence-corrected chi connectivity index (χ2v) is 6.50. The van der Waals surface area contributed by atoms with Crippen molar-refractivity contribution in [3.63, 3.8) is 0 Å². The molecule has 2 rings (SSSR count). The molecule has 6 heteroatoms. The van der Waals surface area contributed by atoms with Crippen molar-refractivity contribution in [2.45, 2.75) is 51.7 Å². The van der Waals surface area contributed by atoms with Gasteiger partial charge in [-0.15, -0.1) is 0 Å². The molecule has 6 nitrogen and oxygen atoms in total. The zero-order chi connectivity index (χ0) is 18.1. The van der Waals surface area contributed by atoms with Gasteiger partial charge in [-0.05, 0) is 63.0 Å². The fourth-order valence-electron chi connectivity index (χ4n) is 3.04. The summed E-state index contributed by atoms with van der Waals surface area (Å²) in [6.45, 7) is 7.90. The fourth-order valence-corrected chi connectivity index (χ4v) is 3.04. The van der Waals surface area contributed by atoms with E-state index in [9.17, 15) is 9.90 Å². The molecule has 1 aromatic rings. The van der Waals surface area contributed by atoms with Gasteiger partial charge in [-0.25, -0.2) is 4.79 Å². The van der Waals surface area contributed by atoms with E-state index in [1.165, 1.54) is 0 Å². The molecule has 0 saturated heterocycles. The SMILES string of the molecule is CCN(CC)CCOc1ccc(NC(=O)NC2CCC(O)CC2)cc1. The predicted octanol–water partition coefficient (Wildman–Crippen LogP) is 2.83. The highest BCUT2D eigenvalue weighted by atomic mass is 16.5. The number of hydrogen-bond acceptors (Lipinski definition) is 4. The summed E-state index contributed by atoms with van der Waals surface area (Å²) in [6, 6.07) is 7.38. The molecular formula is C19H31N3O3. The van der Waals surface area contributed by atoms with Crippen LogP contribution in [0.3, 0.4) is 0 Å². The second kappa shape index (κ2) is 10.3. The zero-order valence-electron chi connectivity index (χ0n) is 15.3. The van der Waals surface area contributed by atoms with Crippen LogP contribution in [0, 0.1) is 0 Å². The number of carbonyl (C=O) groups excluding carboxylic acids is 1. The van der Waals surface area contributed by atoms with E-state index in [1.807, 2.05) is 24.3 Å². The molecule has 1 saturated carbocycles. The highest BCUT2D eigenvalue weighted by Gasteiger charge is 2.20. The normalized spacial score (nSPS) is 20.3. The lowest BCUT2D eigenvalue weighted by molar-refractivity contribution is 0.118. The Bertz CT molecular complexity index is 509. The number of nitrogens with one attached hydrogen (secondary N) is 2. The third-order valence-corrected chi connectivity index (χ3v) is 4.71. The van der Waals surface area contributed by atoms with E-state index < -0.39 is 0 Å². The molecule has 2 amide bonds. The second-order valence-electron chi connectivity index (χ2n) is 6.50. The van der Waals surface area contributed by atoms with E-state index in [4.69, 9.17) is 4.74 Å². The lowest BCUT2D eigenvalue weighted by Gasteiger charge is -2.26. The lowest BCUT2D eigenvalue weighted by Crippen LogP contribution is -2.40. The molecule has 0 aromatic heterocycles. The van der Waals surface area contributed by atoms with Crippen LogP contribution >= 0.6 is 0 Å². The van der Waals surface area contributed by atoms with Crippen molar-refractivity contribution >= 4 is 11.7 Å². The van der Waals surface area contributed by atoms with E-state index in [0.717, 1.165) is 56.8 Å². The molecule has 0 unspecified atom stereocenters. The number of benzene rings is 1. The van der Waals surface area contributed by atoms with Gasteiger partial charge in [0, 0.05) is 18.3 Å². The number of ether oxygens (including phenoxy) is 1. The number of anilines is 1. The first kappa shape index (κ1) is 19.5. The summed E-state index contributed by atoms with van der Waals surface area (Å²) in [5.74, 6) is 0.805. The molecule has 1 fully saturated rings. The summed E-state index contributed by atoms with van der Waals surface area (Å²) in [5.41, 5.74) is 0.740. The van der Waals surface area contributed by atoms with Gasteiger partial charge >= 0.3 is 6.03 Å². The highest BCUT2D eigenvalue weighted by Crippen LogP contribution is 2.19. The summed E-state index contributed by atoms with van der Waals surface area (Å²) < 4.78 is 5.74. The summed E-state index contributed by atoms with van der Waals surface area (Å²) in [6.07, 6.45) is 2.95. The van der Waals surface area contributed by atoms with Crippen LogP contribution in [0.5, 0.6) is 5.75 Å². The van der Waals surface area contributed by atoms with E-state index in [1.54, 1.807) is 0 Å². The standard InChI is InChI=1S/C19H31N3O3/c1-3-22(4-2)13-14-25-18-11-7-16(8-12-18)21-19(24)20-15-5-9-17(23)10-6-15/h7-8,11-12,15,17,23H,3-6,9-10,13-14H2,1-2H3,(H2,20,21,24). The Hall–Kier alpha value is -1.79. The number of urea groups is 1. The Labute approximate surface area is 150 Å². The first-order chi connectivity index (χ1) is 12.1. The summed E-state index contributed by atoms with van der Waals surface area (Å²) in [7, 11) is 0.